The Morgan fingerprint density at radius 3 is 1.21 bits per heavy atom. The van der Waals surface area contributed by atoms with Crippen molar-refractivity contribution in [1.82, 2.24) is 0 Å². The third-order valence-electron chi connectivity index (χ3n) is 3.74. The molecule has 0 aromatic carbocycles. The molecule has 0 aromatic rings. The molecule has 0 saturated carbocycles. The molecule has 0 amide bonds. The van der Waals surface area contributed by atoms with Crippen LogP contribution in [-0.4, -0.2) is 0 Å². The van der Waals surface area contributed by atoms with Gasteiger partial charge in [0.15, 0.2) is 0 Å². The molecule has 14 heavy (non-hydrogen) atoms. The van der Waals surface area contributed by atoms with Gasteiger partial charge in [0.1, 0.15) is 0 Å². The van der Waals surface area contributed by atoms with Gasteiger partial charge in [-0.1, -0.05) is 0 Å². The molecule has 0 aliphatic heterocycles. The Hall–Kier alpha value is 0.423. The fraction of sp³-hybridized carbons (Fsp3) is 1.00. The van der Waals surface area contributed by atoms with E-state index in [1.165, 1.54) is 38.5 Å². The predicted molar refractivity (Wildman–Crippen MR) is 59.8 cm³/mol. The Bertz CT molecular complexity index is 137. The third-order valence-corrected chi connectivity index (χ3v) is 15.0. The number of unbranched alkanes of at least 4 members (excludes halogenated alkanes) is 3. The molecule has 0 saturated heterocycles. The second-order valence-electron chi connectivity index (χ2n) is 5.29. The van der Waals surface area contributed by atoms with Crippen molar-refractivity contribution in [2.75, 3.05) is 0 Å². The Kier molecular flexibility index (Phi) is 8.97. The molecule has 83 valence electrons. The van der Waals surface area contributed by atoms with E-state index in [0.29, 0.717) is 0 Å². The molecule has 0 atom stereocenters. The van der Waals surface area contributed by atoms with Crippen LogP contribution in [0.4, 0.5) is 0 Å². The van der Waals surface area contributed by atoms with Gasteiger partial charge < -0.3 is 0 Å². The van der Waals surface area contributed by atoms with Crippen molar-refractivity contribution >= 4 is 0 Å². The van der Waals surface area contributed by atoms with Gasteiger partial charge in [-0.2, -0.15) is 0 Å². The van der Waals surface area contributed by atoms with Crippen LogP contribution in [0.15, 0.2) is 0 Å². The fourth-order valence-corrected chi connectivity index (χ4v) is 13.8. The van der Waals surface area contributed by atoms with Gasteiger partial charge in [-0.15, -0.1) is 0 Å². The summed E-state index contributed by atoms with van der Waals surface area (Å²) in [5.74, 6) is 0. The van der Waals surface area contributed by atoms with Crippen LogP contribution in [0, 0.1) is 0 Å². The molecule has 0 spiro atoms. The summed E-state index contributed by atoms with van der Waals surface area (Å²) in [6.45, 7) is 6.61. The first-order valence-electron chi connectivity index (χ1n) is 6.91. The molecule has 0 bridgehead atoms. The summed E-state index contributed by atoms with van der Waals surface area (Å²) in [4.78, 5) is 0. The summed E-state index contributed by atoms with van der Waals surface area (Å²) in [6, 6.07) is 0. The SMILES string of the molecule is CCC[CH2][Zn](=[O])([CH2]CCC)[CH2]CCC. The fourth-order valence-electron chi connectivity index (χ4n) is 2.65. The summed E-state index contributed by atoms with van der Waals surface area (Å²) >= 11 is -2.91. The van der Waals surface area contributed by atoms with Crippen molar-refractivity contribution in [2.45, 2.75) is 74.3 Å². The maximum absolute atomic E-state index is 12.6. The summed E-state index contributed by atoms with van der Waals surface area (Å²) in [7, 11) is 0. The maximum atomic E-state index is 12.6. The molecule has 0 unspecified atom stereocenters. The molecule has 2 heteroatoms. The van der Waals surface area contributed by atoms with Gasteiger partial charge in [0.05, 0.1) is 0 Å². The molecule has 1 nitrogen and oxygen atoms in total. The summed E-state index contributed by atoms with van der Waals surface area (Å²) in [5.41, 5.74) is 0. The van der Waals surface area contributed by atoms with Gasteiger partial charge >= 0.3 is 92.6 Å². The van der Waals surface area contributed by atoms with Gasteiger partial charge in [0.2, 0.25) is 0 Å². The molecule has 0 aromatic heterocycles. The molecule has 0 rings (SSSR count). The van der Waals surface area contributed by atoms with Crippen LogP contribution >= 0.6 is 0 Å². The molecule has 0 aliphatic carbocycles. The first-order valence-corrected chi connectivity index (χ1v) is 14.4. The van der Waals surface area contributed by atoms with Gasteiger partial charge in [-0.3, -0.25) is 0 Å². The van der Waals surface area contributed by atoms with Crippen molar-refractivity contribution in [1.29, 1.82) is 0 Å². The van der Waals surface area contributed by atoms with E-state index in [9.17, 15) is 3.57 Å². The van der Waals surface area contributed by atoms with Crippen LogP contribution < -0.4 is 0 Å². The van der Waals surface area contributed by atoms with Crippen molar-refractivity contribution in [3.63, 3.8) is 0 Å². The minimum absolute atomic E-state index is 1.11. The molecule has 0 heterocycles. The second-order valence-corrected chi connectivity index (χ2v) is 16.8. The average molecular weight is 253 g/mol. The van der Waals surface area contributed by atoms with Gasteiger partial charge in [-0.05, 0) is 0 Å². The summed E-state index contributed by atoms with van der Waals surface area (Å²) in [6.07, 6.45) is 7.24. The summed E-state index contributed by atoms with van der Waals surface area (Å²) < 4.78 is 12.6. The van der Waals surface area contributed by atoms with E-state index in [1.807, 2.05) is 0 Å². The van der Waals surface area contributed by atoms with Crippen LogP contribution in [0.1, 0.15) is 59.3 Å². The van der Waals surface area contributed by atoms with Crippen LogP contribution in [0.5, 0.6) is 0 Å². The van der Waals surface area contributed by atoms with E-state index < -0.39 is 14.7 Å². The van der Waals surface area contributed by atoms with Crippen molar-refractivity contribution < 1.29 is 18.3 Å². The summed E-state index contributed by atoms with van der Waals surface area (Å²) in [5, 5.41) is 3.33. The first-order chi connectivity index (χ1) is 6.68. The molecular formula is C12H27OZn. The normalized spacial score (nSPS) is 10.8. The number of rotatable bonds is 9. The Labute approximate surface area is 92.7 Å². The monoisotopic (exact) mass is 251 g/mol. The van der Waals surface area contributed by atoms with E-state index in [1.54, 1.807) is 0 Å². The molecule has 0 radical (unpaired) electrons. The second kappa shape index (κ2) is 8.71. The zero-order chi connectivity index (χ0) is 10.9. The number of hydrogen-bond donors (Lipinski definition) is 0. The van der Waals surface area contributed by atoms with Crippen molar-refractivity contribution in [3.05, 3.63) is 0 Å². The van der Waals surface area contributed by atoms with Crippen molar-refractivity contribution in [2.24, 2.45) is 0 Å². The van der Waals surface area contributed by atoms with E-state index in [4.69, 9.17) is 0 Å². The van der Waals surface area contributed by atoms with Crippen molar-refractivity contribution in [3.8, 4) is 0 Å². The molecular weight excluding hydrogens is 226 g/mol. The van der Waals surface area contributed by atoms with Crippen LogP contribution in [-0.2, 0) is 18.3 Å². The Balaban J connectivity index is 3.97. The van der Waals surface area contributed by atoms with E-state index in [0.717, 1.165) is 15.0 Å². The first kappa shape index (κ1) is 14.4. The third kappa shape index (κ3) is 6.82. The van der Waals surface area contributed by atoms with E-state index in [2.05, 4.69) is 20.8 Å². The molecule has 0 fully saturated rings. The van der Waals surface area contributed by atoms with E-state index >= 15 is 0 Å². The van der Waals surface area contributed by atoms with Crippen LogP contribution in [0.2, 0.25) is 15.0 Å². The molecule has 0 aliphatic rings. The minimum atomic E-state index is -2.91. The Morgan fingerprint density at radius 2 is 1.00 bits per heavy atom. The van der Waals surface area contributed by atoms with E-state index in [-0.39, 0.29) is 0 Å². The van der Waals surface area contributed by atoms with Crippen LogP contribution in [0.3, 0.4) is 0 Å². The topological polar surface area (TPSA) is 17.1 Å². The van der Waals surface area contributed by atoms with Gasteiger partial charge in [-0.25, -0.2) is 0 Å². The van der Waals surface area contributed by atoms with Gasteiger partial charge in [0, 0.05) is 0 Å². The van der Waals surface area contributed by atoms with Crippen LogP contribution in [0.25, 0.3) is 0 Å². The number of hydrogen-bond acceptors (Lipinski definition) is 1. The average Bonchev–Trinajstić information content (AvgIpc) is 2.21. The zero-order valence-electron chi connectivity index (χ0n) is 10.5. The quantitative estimate of drug-likeness (QED) is 0.519. The Morgan fingerprint density at radius 1 is 0.714 bits per heavy atom. The molecule has 0 N–H and O–H groups in total. The predicted octanol–water partition coefficient (Wildman–Crippen LogP) is 5.14. The van der Waals surface area contributed by atoms with Gasteiger partial charge in [0.25, 0.3) is 0 Å². The zero-order valence-corrected chi connectivity index (χ0v) is 13.4. The standard InChI is InChI=1S/3C4H9.O.Zn/c3*1-3-4-2;;/h3*1,3-4H2,2H3;;.